The van der Waals surface area contributed by atoms with E-state index < -0.39 is 22.0 Å². The highest BCUT2D eigenvalue weighted by Crippen LogP contribution is 2.25. The second-order valence-corrected chi connectivity index (χ2v) is 6.73. The Bertz CT molecular complexity index is 958. The summed E-state index contributed by atoms with van der Waals surface area (Å²) in [5.41, 5.74) is 0.564. The van der Waals surface area contributed by atoms with Crippen LogP contribution in [0.4, 0.5) is 0 Å². The van der Waals surface area contributed by atoms with Crippen molar-refractivity contribution in [1.29, 1.82) is 0 Å². The second kappa shape index (κ2) is 5.99. The third kappa shape index (κ3) is 3.10. The molecule has 0 spiro atoms. The van der Waals surface area contributed by atoms with E-state index in [2.05, 4.69) is 4.72 Å². The van der Waals surface area contributed by atoms with E-state index in [9.17, 15) is 23.4 Å². The predicted molar refractivity (Wildman–Crippen MR) is 85.0 cm³/mol. The number of aromatic hydroxyl groups is 1. The second-order valence-electron chi connectivity index (χ2n) is 5.09. The fraction of sp³-hybridized carbons (Fsp3) is 0.0625. The monoisotopic (exact) mass is 347 g/mol. The van der Waals surface area contributed by atoms with Crippen LogP contribution < -0.4 is 4.72 Å². The predicted octanol–water partition coefficient (Wildman–Crippen LogP) is 2.24. The minimum Gasteiger partial charge on any atom is -0.508 e. The van der Waals surface area contributed by atoms with Crippen molar-refractivity contribution in [2.45, 2.75) is 11.1 Å². The van der Waals surface area contributed by atoms with E-state index in [0.29, 0.717) is 11.0 Å². The SMILES string of the molecule is O=C(O)[C@@H](NS(=O)(=O)c1cc2ccccc2o1)c1ccc(O)cc1. The zero-order valence-corrected chi connectivity index (χ0v) is 13.0. The summed E-state index contributed by atoms with van der Waals surface area (Å²) in [6.07, 6.45) is 0. The van der Waals surface area contributed by atoms with Gasteiger partial charge in [0.15, 0.2) is 0 Å². The van der Waals surface area contributed by atoms with Gasteiger partial charge in [-0.3, -0.25) is 4.79 Å². The van der Waals surface area contributed by atoms with Gasteiger partial charge in [-0.25, -0.2) is 8.42 Å². The summed E-state index contributed by atoms with van der Waals surface area (Å²) in [6, 6.07) is 11.8. The van der Waals surface area contributed by atoms with Gasteiger partial charge in [-0.2, -0.15) is 4.72 Å². The molecule has 0 fully saturated rings. The summed E-state index contributed by atoms with van der Waals surface area (Å²) in [5, 5.41) is 18.8. The first-order valence-electron chi connectivity index (χ1n) is 6.89. The number of phenolic OH excluding ortho intramolecular Hbond substituents is 1. The van der Waals surface area contributed by atoms with Gasteiger partial charge >= 0.3 is 5.97 Å². The van der Waals surface area contributed by atoms with Crippen molar-refractivity contribution in [3.05, 3.63) is 60.2 Å². The van der Waals surface area contributed by atoms with Crippen molar-refractivity contribution in [3.8, 4) is 5.75 Å². The van der Waals surface area contributed by atoms with Crippen LogP contribution in [0.1, 0.15) is 11.6 Å². The number of hydrogen-bond acceptors (Lipinski definition) is 5. The molecule has 0 saturated heterocycles. The van der Waals surface area contributed by atoms with Crippen LogP contribution in [-0.2, 0) is 14.8 Å². The first-order valence-corrected chi connectivity index (χ1v) is 8.38. The molecule has 0 aliphatic carbocycles. The third-order valence-electron chi connectivity index (χ3n) is 3.41. The van der Waals surface area contributed by atoms with E-state index in [4.69, 9.17) is 4.42 Å². The van der Waals surface area contributed by atoms with Crippen LogP contribution in [0, 0.1) is 0 Å². The van der Waals surface area contributed by atoms with E-state index in [1.54, 1.807) is 24.3 Å². The normalized spacial score (nSPS) is 13.0. The summed E-state index contributed by atoms with van der Waals surface area (Å²) in [7, 11) is -4.18. The van der Waals surface area contributed by atoms with Crippen molar-refractivity contribution in [2.24, 2.45) is 0 Å². The summed E-state index contributed by atoms with van der Waals surface area (Å²) in [5.74, 6) is -1.43. The Hall–Kier alpha value is -2.84. The van der Waals surface area contributed by atoms with Crippen LogP contribution >= 0.6 is 0 Å². The molecule has 0 amide bonds. The fourth-order valence-electron chi connectivity index (χ4n) is 2.23. The molecule has 0 aliphatic heterocycles. The number of carbonyl (C=O) groups is 1. The number of benzene rings is 2. The number of phenols is 1. The number of hydrogen-bond donors (Lipinski definition) is 3. The number of carboxylic acids is 1. The van der Waals surface area contributed by atoms with Crippen LogP contribution in [0.2, 0.25) is 0 Å². The van der Waals surface area contributed by atoms with E-state index in [1.165, 1.54) is 30.3 Å². The molecule has 24 heavy (non-hydrogen) atoms. The lowest BCUT2D eigenvalue weighted by Gasteiger charge is -2.14. The lowest BCUT2D eigenvalue weighted by Crippen LogP contribution is -2.33. The number of nitrogens with one attached hydrogen (secondary N) is 1. The molecule has 0 aliphatic rings. The van der Waals surface area contributed by atoms with Gasteiger partial charge in [-0.1, -0.05) is 30.3 Å². The molecule has 3 aromatic rings. The molecule has 0 bridgehead atoms. The maximum Gasteiger partial charge on any atom is 0.326 e. The summed E-state index contributed by atoms with van der Waals surface area (Å²) >= 11 is 0. The Morgan fingerprint density at radius 3 is 2.38 bits per heavy atom. The van der Waals surface area contributed by atoms with Gasteiger partial charge in [-0.05, 0) is 23.8 Å². The molecule has 0 radical (unpaired) electrons. The molecule has 2 aromatic carbocycles. The van der Waals surface area contributed by atoms with Crippen LogP contribution in [0.15, 0.2) is 64.1 Å². The smallest absolute Gasteiger partial charge is 0.326 e. The lowest BCUT2D eigenvalue weighted by molar-refractivity contribution is -0.139. The van der Waals surface area contributed by atoms with E-state index in [0.717, 1.165) is 0 Å². The Labute approximate surface area is 137 Å². The number of furan rings is 1. The average Bonchev–Trinajstić information content (AvgIpc) is 2.98. The number of sulfonamides is 1. The van der Waals surface area contributed by atoms with Gasteiger partial charge in [0.05, 0.1) is 0 Å². The molecule has 3 N–H and O–H groups in total. The molecule has 1 atom stereocenters. The number of para-hydroxylation sites is 1. The van der Waals surface area contributed by atoms with Gasteiger partial charge in [0.2, 0.25) is 5.09 Å². The third-order valence-corrected chi connectivity index (χ3v) is 4.69. The summed E-state index contributed by atoms with van der Waals surface area (Å²) in [4.78, 5) is 11.4. The first kappa shape index (κ1) is 16.0. The van der Waals surface area contributed by atoms with Crippen molar-refractivity contribution in [2.75, 3.05) is 0 Å². The maximum atomic E-state index is 12.4. The highest BCUT2D eigenvalue weighted by Gasteiger charge is 2.29. The van der Waals surface area contributed by atoms with E-state index in [1.807, 2.05) is 0 Å². The Morgan fingerprint density at radius 2 is 1.75 bits per heavy atom. The largest absolute Gasteiger partial charge is 0.508 e. The van der Waals surface area contributed by atoms with Gasteiger partial charge < -0.3 is 14.6 Å². The number of carboxylic acid groups (broad SMARTS) is 1. The van der Waals surface area contributed by atoms with Crippen LogP contribution in [0.3, 0.4) is 0 Å². The van der Waals surface area contributed by atoms with Gasteiger partial charge in [0, 0.05) is 11.5 Å². The molecular formula is C16H13NO6S. The zero-order valence-electron chi connectivity index (χ0n) is 12.2. The van der Waals surface area contributed by atoms with Gasteiger partial charge in [0.25, 0.3) is 10.0 Å². The molecule has 8 heteroatoms. The number of fused-ring (bicyclic) bond motifs is 1. The van der Waals surface area contributed by atoms with Crippen molar-refractivity contribution in [3.63, 3.8) is 0 Å². The molecule has 0 unspecified atom stereocenters. The van der Waals surface area contributed by atoms with Crippen LogP contribution in [-0.4, -0.2) is 24.6 Å². The van der Waals surface area contributed by atoms with Gasteiger partial charge in [-0.15, -0.1) is 0 Å². The van der Waals surface area contributed by atoms with E-state index >= 15 is 0 Å². The Balaban J connectivity index is 1.96. The van der Waals surface area contributed by atoms with E-state index in [-0.39, 0.29) is 16.4 Å². The molecule has 3 rings (SSSR count). The highest BCUT2D eigenvalue weighted by molar-refractivity contribution is 7.89. The highest BCUT2D eigenvalue weighted by atomic mass is 32.2. The van der Waals surface area contributed by atoms with Crippen LogP contribution in [0.25, 0.3) is 11.0 Å². The molecule has 1 heterocycles. The number of rotatable bonds is 5. The van der Waals surface area contributed by atoms with Crippen molar-refractivity contribution < 1.29 is 27.8 Å². The molecule has 124 valence electrons. The first-order chi connectivity index (χ1) is 11.4. The minimum atomic E-state index is -4.18. The van der Waals surface area contributed by atoms with Crippen LogP contribution in [0.5, 0.6) is 5.75 Å². The molecule has 1 aromatic heterocycles. The minimum absolute atomic E-state index is 0.0527. The van der Waals surface area contributed by atoms with Crippen molar-refractivity contribution >= 4 is 27.0 Å². The standard InChI is InChI=1S/C16H13NO6S/c18-12-7-5-10(6-8-12)15(16(19)20)17-24(21,22)14-9-11-3-1-2-4-13(11)23-14/h1-9,15,17-18H,(H,19,20)/t15-/m0/s1. The Morgan fingerprint density at radius 1 is 1.08 bits per heavy atom. The topological polar surface area (TPSA) is 117 Å². The molecule has 7 nitrogen and oxygen atoms in total. The zero-order chi connectivity index (χ0) is 17.3. The average molecular weight is 347 g/mol. The maximum absolute atomic E-state index is 12.4. The van der Waals surface area contributed by atoms with Crippen molar-refractivity contribution in [1.82, 2.24) is 4.72 Å². The molecule has 0 saturated carbocycles. The Kier molecular flexibility index (Phi) is 4.00. The summed E-state index contributed by atoms with van der Waals surface area (Å²) < 4.78 is 32.3. The molecular weight excluding hydrogens is 334 g/mol. The summed E-state index contributed by atoms with van der Waals surface area (Å²) in [6.45, 7) is 0. The number of aliphatic carboxylic acids is 1. The lowest BCUT2D eigenvalue weighted by atomic mass is 10.1. The fourth-order valence-corrected chi connectivity index (χ4v) is 3.38. The van der Waals surface area contributed by atoms with Gasteiger partial charge in [0.1, 0.15) is 17.4 Å². The quantitative estimate of drug-likeness (QED) is 0.652.